The van der Waals surface area contributed by atoms with Crippen LogP contribution in [0.5, 0.6) is 0 Å². The van der Waals surface area contributed by atoms with Crippen LogP contribution in [0.4, 0.5) is 0 Å². The Morgan fingerprint density at radius 3 is 2.12 bits per heavy atom. The van der Waals surface area contributed by atoms with E-state index in [0.29, 0.717) is 23.0 Å². The van der Waals surface area contributed by atoms with E-state index in [9.17, 15) is 9.90 Å². The summed E-state index contributed by atoms with van der Waals surface area (Å²) < 4.78 is 2.63. The summed E-state index contributed by atoms with van der Waals surface area (Å²) in [5, 5.41) is 11.8. The van der Waals surface area contributed by atoms with Gasteiger partial charge in [-0.3, -0.25) is 4.79 Å². The summed E-state index contributed by atoms with van der Waals surface area (Å²) in [6, 6.07) is 8.65. The van der Waals surface area contributed by atoms with Gasteiger partial charge >= 0.3 is 0 Å². The molecule has 0 radical (unpaired) electrons. The van der Waals surface area contributed by atoms with Gasteiger partial charge in [0.05, 0.1) is 17.4 Å². The maximum atomic E-state index is 14.1. The predicted octanol–water partition coefficient (Wildman–Crippen LogP) is 7.69. The van der Waals surface area contributed by atoms with Crippen molar-refractivity contribution in [2.24, 2.45) is 11.3 Å². The molecule has 0 spiro atoms. The number of aliphatic hydroxyl groups excluding tert-OH is 1. The Labute approximate surface area is 202 Å². The molecule has 1 N–H and O–H groups in total. The van der Waals surface area contributed by atoms with Crippen LogP contribution in [-0.4, -0.2) is 29.5 Å². The van der Waals surface area contributed by atoms with Gasteiger partial charge in [-0.15, -0.1) is 0 Å². The molecule has 1 aromatic heterocycles. The monoisotopic (exact) mass is 467 g/mol. The van der Waals surface area contributed by atoms with Gasteiger partial charge in [0.15, 0.2) is 8.24 Å². The molecule has 3 nitrogen and oxygen atoms in total. The lowest BCUT2D eigenvalue weighted by atomic mass is 9.60. The maximum Gasteiger partial charge on any atom is 0.169 e. The first kappa shape index (κ1) is 26.0. The second-order valence-electron chi connectivity index (χ2n) is 11.7. The molecule has 1 aromatic carbocycles. The number of para-hydroxylation sites is 1. The minimum absolute atomic E-state index is 0.108. The molecule has 1 saturated carbocycles. The second kappa shape index (κ2) is 9.18. The highest BCUT2D eigenvalue weighted by Crippen LogP contribution is 2.51. The van der Waals surface area contributed by atoms with Crippen LogP contribution in [0, 0.1) is 11.3 Å². The summed E-state index contributed by atoms with van der Waals surface area (Å²) in [6.07, 6.45) is 3.28. The van der Waals surface area contributed by atoms with E-state index in [-0.39, 0.29) is 17.6 Å². The van der Waals surface area contributed by atoms with Gasteiger partial charge in [0, 0.05) is 17.1 Å². The third-order valence-electron chi connectivity index (χ3n) is 9.05. The Bertz CT molecular complexity index is 1010. The van der Waals surface area contributed by atoms with Crippen molar-refractivity contribution >= 4 is 24.9 Å². The summed E-state index contributed by atoms with van der Waals surface area (Å²) in [5.41, 5.74) is 4.41. The normalized spacial score (nSPS) is 25.4. The van der Waals surface area contributed by atoms with Crippen LogP contribution in [0.2, 0.25) is 16.6 Å². The van der Waals surface area contributed by atoms with Gasteiger partial charge in [0.25, 0.3) is 0 Å². The molecule has 1 aliphatic carbocycles. The number of ketones is 1. The molecule has 0 saturated heterocycles. The summed E-state index contributed by atoms with van der Waals surface area (Å²) >= 11 is 0. The van der Waals surface area contributed by atoms with Gasteiger partial charge in [0.2, 0.25) is 0 Å². The summed E-state index contributed by atoms with van der Waals surface area (Å²) in [5.74, 6) is 0.0162. The van der Waals surface area contributed by atoms with Crippen LogP contribution in [0.1, 0.15) is 86.6 Å². The molecule has 3 rings (SSSR count). The number of Topliss-reactive ketones (excluding diaryl/α,β-unsaturated/α-hetero) is 1. The van der Waals surface area contributed by atoms with Crippen LogP contribution in [0.15, 0.2) is 42.6 Å². The number of carbonyl (C=O) groups excluding carboxylic acids is 1. The number of nitrogens with zero attached hydrogens (tertiary/aromatic N) is 1. The zero-order valence-electron chi connectivity index (χ0n) is 22.3. The molecule has 0 bridgehead atoms. The third-order valence-corrected chi connectivity index (χ3v) is 15.8. The largest absolute Gasteiger partial charge is 0.392 e. The fourth-order valence-electron chi connectivity index (χ4n) is 7.20. The van der Waals surface area contributed by atoms with Crippen molar-refractivity contribution in [1.29, 1.82) is 0 Å². The molecule has 4 atom stereocenters. The standard InChI is InChI=1S/C29H45NO2Si/c1-18(2)23-15-16-29(10,22(9)31)28(32)27(23)25-17-30(26-14-12-11-13-24(25)26)33(19(3)4,20(5)6)21(7)8/h11-14,17,19-23,27,31H,1,15-16H2,2-10H3/t22?,23-,27+,29+/m0/s1. The van der Waals surface area contributed by atoms with E-state index >= 15 is 0 Å². The molecular formula is C29H45NO2Si. The number of rotatable bonds is 7. The minimum atomic E-state index is -2.01. The van der Waals surface area contributed by atoms with Gasteiger partial charge in [-0.25, -0.2) is 0 Å². The molecular weight excluding hydrogens is 422 g/mol. The molecule has 0 aliphatic heterocycles. The molecule has 4 heteroatoms. The van der Waals surface area contributed by atoms with E-state index in [0.717, 1.165) is 17.6 Å². The first-order valence-electron chi connectivity index (χ1n) is 12.8. The van der Waals surface area contributed by atoms with E-state index in [2.05, 4.69) is 89.7 Å². The Morgan fingerprint density at radius 2 is 1.64 bits per heavy atom. The lowest BCUT2D eigenvalue weighted by Gasteiger charge is -2.45. The van der Waals surface area contributed by atoms with E-state index in [1.165, 1.54) is 10.9 Å². The SMILES string of the molecule is C=C(C)[C@@H]1CC[C@](C)(C(C)O)C(=O)[C@H]1c1cn([Si](C(C)C)(C(C)C)C(C)C)c2ccccc12. The number of benzene rings is 1. The van der Waals surface area contributed by atoms with Crippen molar-refractivity contribution in [3.63, 3.8) is 0 Å². The van der Waals surface area contributed by atoms with E-state index in [1.807, 2.05) is 6.92 Å². The zero-order chi connectivity index (χ0) is 24.9. The molecule has 182 valence electrons. The van der Waals surface area contributed by atoms with Crippen LogP contribution in [0.25, 0.3) is 10.9 Å². The van der Waals surface area contributed by atoms with Crippen molar-refractivity contribution in [2.75, 3.05) is 0 Å². The Kier molecular flexibility index (Phi) is 7.22. The molecule has 1 fully saturated rings. The molecule has 1 unspecified atom stereocenters. The van der Waals surface area contributed by atoms with Gasteiger partial charge in [-0.1, -0.05) is 78.8 Å². The lowest BCUT2D eigenvalue weighted by molar-refractivity contribution is -0.140. The summed E-state index contributed by atoms with van der Waals surface area (Å²) in [7, 11) is -2.01. The van der Waals surface area contributed by atoms with E-state index in [1.54, 1.807) is 6.92 Å². The topological polar surface area (TPSA) is 42.2 Å². The smallest absolute Gasteiger partial charge is 0.169 e. The number of carbonyl (C=O) groups is 1. The number of aromatic nitrogens is 1. The molecule has 1 aliphatic rings. The van der Waals surface area contributed by atoms with Crippen molar-refractivity contribution in [1.82, 2.24) is 4.23 Å². The molecule has 1 heterocycles. The highest BCUT2D eigenvalue weighted by Gasteiger charge is 2.51. The first-order valence-corrected chi connectivity index (χ1v) is 15.0. The summed E-state index contributed by atoms with van der Waals surface area (Å²) in [4.78, 5) is 14.1. The fraction of sp³-hybridized carbons (Fsp3) is 0.621. The number of allylic oxidation sites excluding steroid dienone is 1. The molecule has 0 amide bonds. The van der Waals surface area contributed by atoms with Gasteiger partial charge in [-0.05, 0) is 60.9 Å². The maximum absolute atomic E-state index is 14.1. The number of hydrogen-bond acceptors (Lipinski definition) is 2. The van der Waals surface area contributed by atoms with E-state index < -0.39 is 19.8 Å². The fourth-order valence-corrected chi connectivity index (χ4v) is 13.8. The van der Waals surface area contributed by atoms with Crippen LogP contribution in [0.3, 0.4) is 0 Å². The van der Waals surface area contributed by atoms with Crippen molar-refractivity contribution in [3.8, 4) is 0 Å². The number of fused-ring (bicyclic) bond motifs is 1. The van der Waals surface area contributed by atoms with Gasteiger partial charge < -0.3 is 9.34 Å². The Hall–Kier alpha value is -1.65. The van der Waals surface area contributed by atoms with Crippen LogP contribution < -0.4 is 0 Å². The highest BCUT2D eigenvalue weighted by molar-refractivity contribution is 6.82. The molecule has 33 heavy (non-hydrogen) atoms. The average molecular weight is 468 g/mol. The Morgan fingerprint density at radius 1 is 1.09 bits per heavy atom. The second-order valence-corrected chi connectivity index (χ2v) is 17.5. The lowest BCUT2D eigenvalue weighted by Crippen LogP contribution is -2.51. The third kappa shape index (κ3) is 3.87. The Balaban J connectivity index is 2.36. The number of hydrogen-bond donors (Lipinski definition) is 1. The first-order chi connectivity index (χ1) is 15.3. The number of aliphatic hydroxyl groups is 1. The zero-order valence-corrected chi connectivity index (χ0v) is 23.3. The van der Waals surface area contributed by atoms with Gasteiger partial charge in [0.1, 0.15) is 5.78 Å². The van der Waals surface area contributed by atoms with Crippen molar-refractivity contribution in [3.05, 3.63) is 48.2 Å². The minimum Gasteiger partial charge on any atom is -0.392 e. The average Bonchev–Trinajstić information content (AvgIpc) is 3.08. The van der Waals surface area contributed by atoms with Crippen LogP contribution in [-0.2, 0) is 4.79 Å². The van der Waals surface area contributed by atoms with Crippen molar-refractivity contribution in [2.45, 2.75) is 104 Å². The van der Waals surface area contributed by atoms with Crippen molar-refractivity contribution < 1.29 is 9.90 Å². The van der Waals surface area contributed by atoms with Gasteiger partial charge in [-0.2, -0.15) is 0 Å². The quantitative estimate of drug-likeness (QED) is 0.335. The molecule has 2 aromatic rings. The van der Waals surface area contributed by atoms with Crippen LogP contribution >= 0.6 is 0 Å². The summed E-state index contributed by atoms with van der Waals surface area (Å²) in [6.45, 7) is 24.4. The highest BCUT2D eigenvalue weighted by atomic mass is 28.3. The predicted molar refractivity (Wildman–Crippen MR) is 143 cm³/mol. The van der Waals surface area contributed by atoms with E-state index in [4.69, 9.17) is 0 Å².